The third kappa shape index (κ3) is 4.64. The molecule has 0 aromatic heterocycles. The van der Waals surface area contributed by atoms with Crippen molar-refractivity contribution < 1.29 is 5.21 Å². The summed E-state index contributed by atoms with van der Waals surface area (Å²) >= 11 is 0. The van der Waals surface area contributed by atoms with Crippen LogP contribution in [-0.2, 0) is 0 Å². The molecule has 0 aliphatic carbocycles. The van der Waals surface area contributed by atoms with Crippen LogP contribution in [0.2, 0.25) is 0 Å². The van der Waals surface area contributed by atoms with Crippen LogP contribution in [0.15, 0.2) is 69.8 Å². The molecule has 0 aliphatic heterocycles. The van der Waals surface area contributed by atoms with E-state index in [4.69, 9.17) is 0 Å². The first-order valence-electron chi connectivity index (χ1n) is 6.87. The minimum absolute atomic E-state index is 0.260. The van der Waals surface area contributed by atoms with Gasteiger partial charge in [-0.15, -0.1) is 0 Å². The van der Waals surface area contributed by atoms with Crippen molar-refractivity contribution in [3.63, 3.8) is 0 Å². The predicted octanol–water partition coefficient (Wildman–Crippen LogP) is 3.50. The molecule has 0 amide bonds. The molecule has 0 saturated carbocycles. The number of nitrogens with zero attached hydrogens (tertiary/aromatic N) is 3. The van der Waals surface area contributed by atoms with Gasteiger partial charge in [0.1, 0.15) is 5.71 Å². The minimum atomic E-state index is 0.260. The largest absolute Gasteiger partial charge is 0.290 e. The lowest BCUT2D eigenvalue weighted by Crippen LogP contribution is -2.26. The van der Waals surface area contributed by atoms with Crippen LogP contribution in [0.5, 0.6) is 0 Å². The summed E-state index contributed by atoms with van der Waals surface area (Å²) in [6, 6.07) is 17.3. The van der Waals surface area contributed by atoms with Crippen LogP contribution < -0.4 is 5.48 Å². The average Bonchev–Trinajstić information content (AvgIpc) is 2.53. The van der Waals surface area contributed by atoms with Crippen molar-refractivity contribution in [1.29, 1.82) is 0 Å². The minimum Gasteiger partial charge on any atom is -0.290 e. The van der Waals surface area contributed by atoms with Gasteiger partial charge in [0.25, 0.3) is 0 Å². The Morgan fingerprint density at radius 2 is 1.86 bits per heavy atom. The van der Waals surface area contributed by atoms with Crippen LogP contribution >= 0.6 is 0 Å². The first-order chi connectivity index (χ1) is 10.7. The van der Waals surface area contributed by atoms with E-state index in [0.717, 1.165) is 16.8 Å². The maximum absolute atomic E-state index is 9.23. The zero-order valence-electron chi connectivity index (χ0n) is 12.6. The summed E-state index contributed by atoms with van der Waals surface area (Å²) in [5.74, 6) is 0.260. The van der Waals surface area contributed by atoms with Crippen molar-refractivity contribution >= 4 is 23.4 Å². The molecular weight excluding hydrogens is 276 g/mol. The number of benzene rings is 2. The van der Waals surface area contributed by atoms with Crippen molar-refractivity contribution in [2.24, 2.45) is 15.2 Å². The number of hydrogen-bond donors (Lipinski definition) is 2. The summed E-state index contributed by atoms with van der Waals surface area (Å²) in [5, 5.41) is 17.3. The molecule has 2 N–H and O–H groups in total. The van der Waals surface area contributed by atoms with Gasteiger partial charge in [-0.05, 0) is 37.1 Å². The van der Waals surface area contributed by atoms with Crippen LogP contribution in [-0.4, -0.2) is 23.0 Å². The molecule has 0 heterocycles. The van der Waals surface area contributed by atoms with Crippen LogP contribution in [0.3, 0.4) is 0 Å². The molecule has 5 nitrogen and oxygen atoms in total. The molecule has 0 fully saturated rings. The number of aryl methyl sites for hydroxylation is 1. The Bertz CT molecular complexity index is 706. The first-order valence-corrected chi connectivity index (χ1v) is 6.87. The van der Waals surface area contributed by atoms with Gasteiger partial charge >= 0.3 is 0 Å². The highest BCUT2D eigenvalue weighted by Crippen LogP contribution is 2.13. The standard InChI is InChI=1S/C17H18N4O/c1-13-7-6-10-16(11-13)19-17(21-22)14(2)20-18-12-15-8-4-3-5-9-15/h3-12,22H,1-2H3,(H,19,21). The summed E-state index contributed by atoms with van der Waals surface area (Å²) in [6.45, 7) is 3.70. The second kappa shape index (κ2) is 7.85. The maximum atomic E-state index is 9.23. The molecular formula is C17H18N4O. The van der Waals surface area contributed by atoms with Gasteiger partial charge in [-0.25, -0.2) is 4.99 Å². The Hall–Kier alpha value is -2.79. The molecule has 0 bridgehead atoms. The van der Waals surface area contributed by atoms with E-state index in [1.54, 1.807) is 13.1 Å². The maximum Gasteiger partial charge on any atom is 0.173 e. The van der Waals surface area contributed by atoms with Gasteiger partial charge in [-0.1, -0.05) is 42.5 Å². The van der Waals surface area contributed by atoms with E-state index < -0.39 is 0 Å². The number of amidine groups is 1. The quantitative estimate of drug-likeness (QED) is 0.515. The molecule has 112 valence electrons. The van der Waals surface area contributed by atoms with Gasteiger partial charge in [0.05, 0.1) is 11.9 Å². The van der Waals surface area contributed by atoms with E-state index in [1.807, 2.05) is 61.5 Å². The van der Waals surface area contributed by atoms with Crippen LogP contribution in [0, 0.1) is 6.92 Å². The lowest BCUT2D eigenvalue weighted by Gasteiger charge is -2.03. The highest BCUT2D eigenvalue weighted by Gasteiger charge is 2.02. The lowest BCUT2D eigenvalue weighted by molar-refractivity contribution is 0.236. The van der Waals surface area contributed by atoms with Gasteiger partial charge in [0, 0.05) is 0 Å². The van der Waals surface area contributed by atoms with Gasteiger partial charge in [0.15, 0.2) is 5.84 Å². The molecule has 0 aliphatic rings. The van der Waals surface area contributed by atoms with Crippen molar-refractivity contribution in [2.45, 2.75) is 13.8 Å². The molecule has 0 radical (unpaired) electrons. The molecule has 2 aromatic rings. The number of rotatable bonds is 4. The zero-order chi connectivity index (χ0) is 15.8. The van der Waals surface area contributed by atoms with Crippen LogP contribution in [0.1, 0.15) is 18.1 Å². The third-order valence-corrected chi connectivity index (χ3v) is 2.91. The Morgan fingerprint density at radius 1 is 1.09 bits per heavy atom. The smallest absolute Gasteiger partial charge is 0.173 e. The van der Waals surface area contributed by atoms with Crippen LogP contribution in [0.4, 0.5) is 5.69 Å². The Labute approximate surface area is 129 Å². The van der Waals surface area contributed by atoms with Gasteiger partial charge in [0.2, 0.25) is 0 Å². The average molecular weight is 294 g/mol. The summed E-state index contributed by atoms with van der Waals surface area (Å²) < 4.78 is 0. The van der Waals surface area contributed by atoms with Crippen molar-refractivity contribution in [3.8, 4) is 0 Å². The van der Waals surface area contributed by atoms with Gasteiger partial charge < -0.3 is 0 Å². The zero-order valence-corrected chi connectivity index (χ0v) is 12.6. The third-order valence-electron chi connectivity index (χ3n) is 2.91. The molecule has 0 spiro atoms. The highest BCUT2D eigenvalue weighted by atomic mass is 16.5. The fourth-order valence-corrected chi connectivity index (χ4v) is 1.78. The highest BCUT2D eigenvalue weighted by molar-refractivity contribution is 6.40. The van der Waals surface area contributed by atoms with E-state index in [9.17, 15) is 5.21 Å². The first kappa shape index (κ1) is 15.6. The summed E-state index contributed by atoms with van der Waals surface area (Å²) in [4.78, 5) is 4.31. The lowest BCUT2D eigenvalue weighted by atomic mass is 10.2. The monoisotopic (exact) mass is 294 g/mol. The fourth-order valence-electron chi connectivity index (χ4n) is 1.78. The van der Waals surface area contributed by atoms with Gasteiger partial charge in [-0.2, -0.15) is 10.2 Å². The summed E-state index contributed by atoms with van der Waals surface area (Å²) in [5.41, 5.74) is 5.33. The molecule has 0 saturated heterocycles. The van der Waals surface area contributed by atoms with Crippen LogP contribution in [0.25, 0.3) is 0 Å². The van der Waals surface area contributed by atoms with E-state index in [1.165, 1.54) is 0 Å². The molecule has 0 atom stereocenters. The van der Waals surface area contributed by atoms with E-state index in [2.05, 4.69) is 20.7 Å². The summed E-state index contributed by atoms with van der Waals surface area (Å²) in [6.07, 6.45) is 1.64. The molecule has 2 rings (SSSR count). The molecule has 0 unspecified atom stereocenters. The second-order valence-electron chi connectivity index (χ2n) is 4.75. The normalized spacial score (nSPS) is 12.7. The number of aliphatic imine (C=N–C) groups is 1. The Balaban J connectivity index is 2.16. The molecule has 2 aromatic carbocycles. The Kier molecular flexibility index (Phi) is 5.57. The fraction of sp³-hybridized carbons (Fsp3) is 0.118. The van der Waals surface area contributed by atoms with E-state index in [0.29, 0.717) is 5.71 Å². The van der Waals surface area contributed by atoms with Crippen molar-refractivity contribution in [1.82, 2.24) is 5.48 Å². The molecule has 5 heteroatoms. The second-order valence-corrected chi connectivity index (χ2v) is 4.75. The Morgan fingerprint density at radius 3 is 2.55 bits per heavy atom. The summed E-state index contributed by atoms with van der Waals surface area (Å²) in [7, 11) is 0. The number of nitrogens with one attached hydrogen (secondary N) is 1. The topological polar surface area (TPSA) is 69.3 Å². The van der Waals surface area contributed by atoms with Gasteiger partial charge in [-0.3, -0.25) is 10.7 Å². The van der Waals surface area contributed by atoms with E-state index in [-0.39, 0.29) is 5.84 Å². The predicted molar refractivity (Wildman–Crippen MR) is 90.3 cm³/mol. The van der Waals surface area contributed by atoms with E-state index >= 15 is 0 Å². The number of hydroxylamine groups is 1. The SMILES string of the molecule is CC(=NN=Cc1ccccc1)C(=Nc1cccc(C)c1)NO. The van der Waals surface area contributed by atoms with Crippen molar-refractivity contribution in [3.05, 3.63) is 65.7 Å². The van der Waals surface area contributed by atoms with Crippen molar-refractivity contribution in [2.75, 3.05) is 0 Å². The molecule has 22 heavy (non-hydrogen) atoms. The number of hydrogen-bond acceptors (Lipinski definition) is 4.